The van der Waals surface area contributed by atoms with Crippen molar-refractivity contribution in [3.63, 3.8) is 0 Å². The van der Waals surface area contributed by atoms with Crippen molar-refractivity contribution in [2.24, 2.45) is 0 Å². The number of carbonyl (C=O) groups is 1. The fourth-order valence-corrected chi connectivity index (χ4v) is 3.74. The van der Waals surface area contributed by atoms with Crippen LogP contribution in [0.3, 0.4) is 0 Å². The Hall–Kier alpha value is -3.54. The molecule has 0 fully saturated rings. The highest BCUT2D eigenvalue weighted by molar-refractivity contribution is 5.93. The maximum Gasteiger partial charge on any atom is 0.272 e. The van der Waals surface area contributed by atoms with E-state index in [1.165, 1.54) is 11.1 Å². The maximum absolute atomic E-state index is 13.0. The number of fused-ring (bicyclic) bond motifs is 2. The number of carbonyl (C=O) groups excluding carboxylic acids is 1. The van der Waals surface area contributed by atoms with Crippen LogP contribution in [0.1, 0.15) is 21.6 Å². The number of aromatic nitrogens is 1. The number of hydrogen-bond donors (Lipinski definition) is 1. The van der Waals surface area contributed by atoms with Crippen LogP contribution in [0, 0.1) is 0 Å². The first-order valence-electron chi connectivity index (χ1n) is 9.75. The van der Waals surface area contributed by atoms with Gasteiger partial charge in [0.15, 0.2) is 11.5 Å². The molecule has 0 unspecified atom stereocenters. The first-order valence-corrected chi connectivity index (χ1v) is 9.75. The Morgan fingerprint density at radius 1 is 0.931 bits per heavy atom. The quantitative estimate of drug-likeness (QED) is 0.741. The van der Waals surface area contributed by atoms with E-state index >= 15 is 0 Å². The summed E-state index contributed by atoms with van der Waals surface area (Å²) in [5.74, 6) is 1.42. The molecule has 5 rings (SSSR count). The van der Waals surface area contributed by atoms with E-state index in [0.717, 1.165) is 29.3 Å². The summed E-state index contributed by atoms with van der Waals surface area (Å²) in [6, 6.07) is 17.6. The lowest BCUT2D eigenvalue weighted by atomic mass is 10.00. The normalized spacial score (nSPS) is 14.8. The first kappa shape index (κ1) is 17.6. The highest BCUT2D eigenvalue weighted by Gasteiger charge is 2.22. The van der Waals surface area contributed by atoms with Gasteiger partial charge in [-0.15, -0.1) is 0 Å². The van der Waals surface area contributed by atoms with Gasteiger partial charge in [0.1, 0.15) is 18.9 Å². The van der Waals surface area contributed by atoms with Crippen molar-refractivity contribution < 1.29 is 14.3 Å². The summed E-state index contributed by atoms with van der Waals surface area (Å²) in [5, 5.41) is 3.32. The summed E-state index contributed by atoms with van der Waals surface area (Å²) >= 11 is 0. The minimum Gasteiger partial charge on any atom is -0.486 e. The van der Waals surface area contributed by atoms with Crippen molar-refractivity contribution in [2.45, 2.75) is 13.0 Å². The number of pyridine rings is 1. The van der Waals surface area contributed by atoms with Gasteiger partial charge in [-0.25, -0.2) is 0 Å². The highest BCUT2D eigenvalue weighted by atomic mass is 16.6. The molecule has 1 N–H and O–H groups in total. The molecule has 0 bridgehead atoms. The van der Waals surface area contributed by atoms with Crippen molar-refractivity contribution in [3.8, 4) is 11.5 Å². The first-order chi connectivity index (χ1) is 14.3. The predicted octanol–water partition coefficient (Wildman–Crippen LogP) is 3.79. The van der Waals surface area contributed by atoms with E-state index in [9.17, 15) is 4.79 Å². The minimum atomic E-state index is -0.0506. The van der Waals surface area contributed by atoms with Crippen LogP contribution >= 0.6 is 0 Å². The van der Waals surface area contributed by atoms with Crippen molar-refractivity contribution in [3.05, 3.63) is 77.6 Å². The number of hydrogen-bond acceptors (Lipinski definition) is 5. The van der Waals surface area contributed by atoms with Crippen LogP contribution in [0.15, 0.2) is 60.8 Å². The molecule has 2 aliphatic rings. The number of amides is 1. The monoisotopic (exact) mass is 387 g/mol. The molecule has 2 aromatic carbocycles. The van der Waals surface area contributed by atoms with Gasteiger partial charge in [0.05, 0.1) is 0 Å². The Kier molecular flexibility index (Phi) is 4.52. The fraction of sp³-hybridized carbons (Fsp3) is 0.217. The van der Waals surface area contributed by atoms with Gasteiger partial charge in [-0.05, 0) is 41.8 Å². The summed E-state index contributed by atoms with van der Waals surface area (Å²) in [6.07, 6.45) is 2.53. The fourth-order valence-electron chi connectivity index (χ4n) is 3.74. The smallest absolute Gasteiger partial charge is 0.272 e. The Morgan fingerprint density at radius 2 is 1.72 bits per heavy atom. The zero-order chi connectivity index (χ0) is 19.6. The number of rotatable bonds is 3. The lowest BCUT2D eigenvalue weighted by molar-refractivity contribution is 0.0729. The molecular weight excluding hydrogens is 366 g/mol. The largest absolute Gasteiger partial charge is 0.486 e. The zero-order valence-electron chi connectivity index (χ0n) is 15.9. The maximum atomic E-state index is 13.0. The molecule has 1 aromatic heterocycles. The summed E-state index contributed by atoms with van der Waals surface area (Å²) in [5.41, 5.74) is 4.63. The number of benzene rings is 2. The molecule has 6 heteroatoms. The number of ether oxygens (including phenoxy) is 2. The average Bonchev–Trinajstić information content (AvgIpc) is 2.78. The van der Waals surface area contributed by atoms with Gasteiger partial charge in [-0.3, -0.25) is 9.78 Å². The molecule has 146 valence electrons. The van der Waals surface area contributed by atoms with Gasteiger partial charge in [-0.1, -0.05) is 24.3 Å². The van der Waals surface area contributed by atoms with E-state index in [4.69, 9.17) is 9.47 Å². The van der Waals surface area contributed by atoms with Gasteiger partial charge in [0, 0.05) is 36.7 Å². The SMILES string of the molecule is O=C(c1cc(Nc2ccc3c(c2)OCCO3)ccn1)N1CCc2ccccc2C1. The molecule has 1 amide bonds. The molecule has 3 aromatic rings. The van der Waals surface area contributed by atoms with Crippen molar-refractivity contribution >= 4 is 17.3 Å². The molecule has 0 atom stereocenters. The Morgan fingerprint density at radius 3 is 2.62 bits per heavy atom. The lowest BCUT2D eigenvalue weighted by Crippen LogP contribution is -2.36. The molecule has 0 aliphatic carbocycles. The molecule has 0 saturated heterocycles. The van der Waals surface area contributed by atoms with Gasteiger partial charge in [-0.2, -0.15) is 0 Å². The van der Waals surface area contributed by atoms with Gasteiger partial charge in [0.2, 0.25) is 0 Å². The number of anilines is 2. The van der Waals surface area contributed by atoms with Crippen LogP contribution in [0.4, 0.5) is 11.4 Å². The second kappa shape index (κ2) is 7.47. The van der Waals surface area contributed by atoms with E-state index in [0.29, 0.717) is 32.0 Å². The minimum absolute atomic E-state index is 0.0506. The van der Waals surface area contributed by atoms with Crippen LogP contribution in [-0.2, 0) is 13.0 Å². The van der Waals surface area contributed by atoms with E-state index in [1.807, 2.05) is 41.3 Å². The Bertz CT molecular complexity index is 1070. The second-order valence-electron chi connectivity index (χ2n) is 7.16. The summed E-state index contributed by atoms with van der Waals surface area (Å²) in [6.45, 7) is 2.44. The molecule has 2 aliphatic heterocycles. The molecule has 0 spiro atoms. The van der Waals surface area contributed by atoms with Crippen LogP contribution in [-0.4, -0.2) is 35.5 Å². The van der Waals surface area contributed by atoms with Crippen LogP contribution in [0.2, 0.25) is 0 Å². The summed E-state index contributed by atoms with van der Waals surface area (Å²) in [4.78, 5) is 19.2. The average molecular weight is 387 g/mol. The standard InChI is InChI=1S/C23H21N3O3/c27-23(26-10-8-16-3-1-2-4-17(16)15-26)20-13-19(7-9-24-20)25-18-5-6-21-22(14-18)29-12-11-28-21/h1-7,9,13-14H,8,10-12,15H2,(H,24,25). The molecule has 29 heavy (non-hydrogen) atoms. The van der Waals surface area contributed by atoms with Crippen LogP contribution in [0.5, 0.6) is 11.5 Å². The predicted molar refractivity (Wildman–Crippen MR) is 110 cm³/mol. The number of nitrogens with zero attached hydrogens (tertiary/aromatic N) is 2. The number of nitrogens with one attached hydrogen (secondary N) is 1. The van der Waals surface area contributed by atoms with E-state index in [2.05, 4.69) is 22.4 Å². The zero-order valence-corrected chi connectivity index (χ0v) is 15.9. The van der Waals surface area contributed by atoms with E-state index < -0.39 is 0 Å². The van der Waals surface area contributed by atoms with Crippen molar-refractivity contribution in [2.75, 3.05) is 25.1 Å². The topological polar surface area (TPSA) is 63.7 Å². The van der Waals surface area contributed by atoms with Crippen LogP contribution in [0.25, 0.3) is 0 Å². The molecular formula is C23H21N3O3. The highest BCUT2D eigenvalue weighted by Crippen LogP contribution is 2.33. The third-order valence-electron chi connectivity index (χ3n) is 5.23. The third-order valence-corrected chi connectivity index (χ3v) is 5.23. The van der Waals surface area contributed by atoms with Crippen molar-refractivity contribution in [1.29, 1.82) is 0 Å². The molecule has 6 nitrogen and oxygen atoms in total. The van der Waals surface area contributed by atoms with Gasteiger partial charge in [0.25, 0.3) is 5.91 Å². The van der Waals surface area contributed by atoms with Gasteiger partial charge < -0.3 is 19.7 Å². The Labute approximate surface area is 169 Å². The summed E-state index contributed by atoms with van der Waals surface area (Å²) in [7, 11) is 0. The van der Waals surface area contributed by atoms with Crippen molar-refractivity contribution in [1.82, 2.24) is 9.88 Å². The summed E-state index contributed by atoms with van der Waals surface area (Å²) < 4.78 is 11.2. The molecule has 0 radical (unpaired) electrons. The second-order valence-corrected chi connectivity index (χ2v) is 7.16. The van der Waals surface area contributed by atoms with Crippen LogP contribution < -0.4 is 14.8 Å². The molecule has 0 saturated carbocycles. The van der Waals surface area contributed by atoms with E-state index in [1.54, 1.807) is 12.3 Å². The third kappa shape index (κ3) is 3.61. The molecule has 3 heterocycles. The Balaban J connectivity index is 1.33. The van der Waals surface area contributed by atoms with E-state index in [-0.39, 0.29) is 5.91 Å². The van der Waals surface area contributed by atoms with Gasteiger partial charge >= 0.3 is 0 Å². The lowest BCUT2D eigenvalue weighted by Gasteiger charge is -2.28.